The molecule has 0 atom stereocenters. The number of fused-ring (bicyclic) bond motifs is 2. The van der Waals surface area contributed by atoms with Crippen LogP contribution in [0.25, 0.3) is 28.1 Å². The summed E-state index contributed by atoms with van der Waals surface area (Å²) in [6.45, 7) is 1.39. The van der Waals surface area contributed by atoms with E-state index in [0.29, 0.717) is 35.9 Å². The Morgan fingerprint density at radius 3 is 2.77 bits per heavy atom. The van der Waals surface area contributed by atoms with E-state index in [0.717, 1.165) is 29.7 Å². The number of aromatic nitrogens is 4. The van der Waals surface area contributed by atoms with Crippen molar-refractivity contribution < 1.29 is 9.21 Å². The van der Waals surface area contributed by atoms with Gasteiger partial charge < -0.3 is 20.0 Å². The molecular weight excluding hydrogens is 382 g/mol. The van der Waals surface area contributed by atoms with E-state index in [1.54, 1.807) is 31.4 Å². The largest absolute Gasteiger partial charge is 0.453 e. The van der Waals surface area contributed by atoms with Crippen molar-refractivity contribution in [2.45, 2.75) is 18.8 Å². The average Bonchev–Trinajstić information content (AvgIpc) is 3.35. The molecule has 0 radical (unpaired) electrons. The number of nitrogens with two attached hydrogens (primary N) is 1. The molecule has 9 heteroatoms. The van der Waals surface area contributed by atoms with Crippen LogP contribution in [0.15, 0.2) is 41.2 Å². The summed E-state index contributed by atoms with van der Waals surface area (Å²) in [7, 11) is 3.56. The SMILES string of the molecule is CN(C)C(=O)N1CCC(c2nc(-c3cc4ncccc4o3)c3c(N)nccn23)CC1. The van der Waals surface area contributed by atoms with Gasteiger partial charge in [-0.3, -0.25) is 9.38 Å². The summed E-state index contributed by atoms with van der Waals surface area (Å²) >= 11 is 0. The van der Waals surface area contributed by atoms with Gasteiger partial charge in [0.1, 0.15) is 28.4 Å². The van der Waals surface area contributed by atoms with Gasteiger partial charge in [0.15, 0.2) is 11.3 Å². The molecule has 5 rings (SSSR count). The molecule has 1 saturated heterocycles. The van der Waals surface area contributed by atoms with Gasteiger partial charge in [0.2, 0.25) is 0 Å². The van der Waals surface area contributed by atoms with Crippen LogP contribution < -0.4 is 5.73 Å². The molecule has 30 heavy (non-hydrogen) atoms. The lowest BCUT2D eigenvalue weighted by molar-refractivity contribution is 0.155. The summed E-state index contributed by atoms with van der Waals surface area (Å²) in [6, 6.07) is 5.65. The first-order chi connectivity index (χ1) is 14.5. The van der Waals surface area contributed by atoms with Crippen LogP contribution in [0, 0.1) is 0 Å². The van der Waals surface area contributed by atoms with E-state index in [-0.39, 0.29) is 11.9 Å². The molecule has 4 aromatic heterocycles. The monoisotopic (exact) mass is 405 g/mol. The predicted octanol–water partition coefficient (Wildman–Crippen LogP) is 2.98. The van der Waals surface area contributed by atoms with Gasteiger partial charge in [-0.1, -0.05) is 0 Å². The summed E-state index contributed by atoms with van der Waals surface area (Å²) in [5.74, 6) is 2.15. The first-order valence-corrected chi connectivity index (χ1v) is 9.96. The van der Waals surface area contributed by atoms with Gasteiger partial charge >= 0.3 is 6.03 Å². The lowest BCUT2D eigenvalue weighted by atomic mass is 9.96. The molecule has 2 amide bonds. The third-order valence-corrected chi connectivity index (χ3v) is 5.64. The minimum absolute atomic E-state index is 0.0466. The number of urea groups is 1. The molecule has 0 saturated carbocycles. The second-order valence-corrected chi connectivity index (χ2v) is 7.79. The van der Waals surface area contributed by atoms with Gasteiger partial charge in [-0.2, -0.15) is 0 Å². The van der Waals surface area contributed by atoms with E-state index in [9.17, 15) is 4.79 Å². The van der Waals surface area contributed by atoms with Crippen molar-refractivity contribution >= 4 is 28.5 Å². The summed E-state index contributed by atoms with van der Waals surface area (Å²) in [4.78, 5) is 29.3. The molecule has 0 spiro atoms. The maximum Gasteiger partial charge on any atom is 0.319 e. The van der Waals surface area contributed by atoms with Gasteiger partial charge in [-0.25, -0.2) is 14.8 Å². The number of furan rings is 1. The highest BCUT2D eigenvalue weighted by atomic mass is 16.3. The molecule has 0 aromatic carbocycles. The molecule has 1 aliphatic heterocycles. The fourth-order valence-electron chi connectivity index (χ4n) is 4.14. The molecule has 1 fully saturated rings. The number of carbonyl (C=O) groups excluding carboxylic acids is 1. The van der Waals surface area contributed by atoms with Crippen LogP contribution >= 0.6 is 0 Å². The topological polar surface area (TPSA) is 106 Å². The molecular formula is C21H23N7O2. The van der Waals surface area contributed by atoms with Gasteiger partial charge in [-0.15, -0.1) is 0 Å². The fourth-order valence-corrected chi connectivity index (χ4v) is 4.14. The van der Waals surface area contributed by atoms with E-state index in [4.69, 9.17) is 15.1 Å². The molecule has 4 aromatic rings. The van der Waals surface area contributed by atoms with E-state index >= 15 is 0 Å². The number of nitrogen functional groups attached to an aromatic ring is 1. The van der Waals surface area contributed by atoms with Gasteiger partial charge in [0.05, 0.1) is 0 Å². The van der Waals surface area contributed by atoms with Crippen LogP contribution in [0.1, 0.15) is 24.6 Å². The lowest BCUT2D eigenvalue weighted by Crippen LogP contribution is -2.43. The Hall–Kier alpha value is -3.62. The van der Waals surface area contributed by atoms with Crippen molar-refractivity contribution in [3.63, 3.8) is 0 Å². The van der Waals surface area contributed by atoms with Crippen LogP contribution in [0.3, 0.4) is 0 Å². The lowest BCUT2D eigenvalue weighted by Gasteiger charge is -2.33. The number of piperidine rings is 1. The highest BCUT2D eigenvalue weighted by Gasteiger charge is 2.29. The summed E-state index contributed by atoms with van der Waals surface area (Å²) in [5, 5.41) is 0. The summed E-state index contributed by atoms with van der Waals surface area (Å²) in [5.41, 5.74) is 9.11. The van der Waals surface area contributed by atoms with Crippen LogP contribution in [-0.4, -0.2) is 62.4 Å². The number of anilines is 1. The Morgan fingerprint density at radius 1 is 1.23 bits per heavy atom. The smallest absolute Gasteiger partial charge is 0.319 e. The number of hydrogen-bond acceptors (Lipinski definition) is 6. The van der Waals surface area contributed by atoms with Crippen molar-refractivity contribution in [1.82, 2.24) is 29.2 Å². The first kappa shape index (κ1) is 18.4. The number of likely N-dealkylation sites (tertiary alicyclic amines) is 1. The zero-order valence-electron chi connectivity index (χ0n) is 16.9. The van der Waals surface area contributed by atoms with Crippen LogP contribution in [0.2, 0.25) is 0 Å². The molecule has 5 heterocycles. The third-order valence-electron chi connectivity index (χ3n) is 5.64. The Labute approximate surface area is 173 Å². The maximum atomic E-state index is 12.3. The number of hydrogen-bond donors (Lipinski definition) is 1. The van der Waals surface area contributed by atoms with Gasteiger partial charge in [-0.05, 0) is 25.0 Å². The highest BCUT2D eigenvalue weighted by Crippen LogP contribution is 2.36. The molecule has 0 aliphatic carbocycles. The minimum atomic E-state index is 0.0466. The zero-order chi connectivity index (χ0) is 20.8. The Bertz CT molecular complexity index is 1200. The third kappa shape index (κ3) is 2.94. The molecule has 154 valence electrons. The van der Waals surface area contributed by atoms with E-state index in [1.165, 1.54) is 0 Å². The Morgan fingerprint density at radius 2 is 2.03 bits per heavy atom. The number of pyridine rings is 1. The molecule has 2 N–H and O–H groups in total. The summed E-state index contributed by atoms with van der Waals surface area (Å²) < 4.78 is 8.02. The van der Waals surface area contributed by atoms with Crippen molar-refractivity contribution in [3.05, 3.63) is 42.6 Å². The zero-order valence-corrected chi connectivity index (χ0v) is 16.9. The van der Waals surface area contributed by atoms with Crippen LogP contribution in [-0.2, 0) is 0 Å². The molecule has 0 bridgehead atoms. The quantitative estimate of drug-likeness (QED) is 0.550. The second-order valence-electron chi connectivity index (χ2n) is 7.79. The van der Waals surface area contributed by atoms with E-state index in [1.807, 2.05) is 33.7 Å². The minimum Gasteiger partial charge on any atom is -0.453 e. The van der Waals surface area contributed by atoms with E-state index in [2.05, 4.69) is 9.97 Å². The van der Waals surface area contributed by atoms with Gasteiger partial charge in [0, 0.05) is 57.8 Å². The number of carbonyl (C=O) groups is 1. The van der Waals surface area contributed by atoms with Crippen molar-refractivity contribution in [1.29, 1.82) is 0 Å². The standard InChI is InChI=1S/C21H23N7O2/c1-26(2)21(29)27-9-5-13(6-10-27)20-25-17(18-19(22)24-8-11-28(18)20)16-12-14-15(30-16)4-3-7-23-14/h3-4,7-8,11-13H,5-6,9-10H2,1-2H3,(H2,22,24). The van der Waals surface area contributed by atoms with Crippen LogP contribution in [0.4, 0.5) is 10.6 Å². The number of amides is 2. The molecule has 0 unspecified atom stereocenters. The number of imidazole rings is 1. The van der Waals surface area contributed by atoms with Crippen molar-refractivity contribution in [2.24, 2.45) is 0 Å². The molecule has 9 nitrogen and oxygen atoms in total. The normalized spacial score (nSPS) is 15.2. The van der Waals surface area contributed by atoms with Crippen LogP contribution in [0.5, 0.6) is 0 Å². The fraction of sp³-hybridized carbons (Fsp3) is 0.333. The number of nitrogens with zero attached hydrogens (tertiary/aromatic N) is 6. The Balaban J connectivity index is 1.54. The van der Waals surface area contributed by atoms with Crippen molar-refractivity contribution in [3.8, 4) is 11.5 Å². The average molecular weight is 405 g/mol. The maximum absolute atomic E-state index is 12.3. The first-order valence-electron chi connectivity index (χ1n) is 9.96. The molecule has 1 aliphatic rings. The van der Waals surface area contributed by atoms with Crippen molar-refractivity contribution in [2.75, 3.05) is 32.9 Å². The summed E-state index contributed by atoms with van der Waals surface area (Å²) in [6.07, 6.45) is 6.97. The number of rotatable bonds is 2. The van der Waals surface area contributed by atoms with Gasteiger partial charge in [0.25, 0.3) is 0 Å². The second kappa shape index (κ2) is 7.01. The predicted molar refractivity (Wildman–Crippen MR) is 113 cm³/mol. The Kier molecular flexibility index (Phi) is 4.30. The highest BCUT2D eigenvalue weighted by molar-refractivity contribution is 5.87. The van der Waals surface area contributed by atoms with E-state index < -0.39 is 0 Å².